The third-order valence-electron chi connectivity index (χ3n) is 2.54. The maximum atomic E-state index is 9.27. The van der Waals surface area contributed by atoms with E-state index in [2.05, 4.69) is 6.92 Å². The van der Waals surface area contributed by atoms with Crippen LogP contribution in [0.1, 0.15) is 32.3 Å². The Kier molecular flexibility index (Phi) is 5.84. The van der Waals surface area contributed by atoms with Crippen molar-refractivity contribution in [3.8, 4) is 11.5 Å². The second-order valence-corrected chi connectivity index (χ2v) is 4.22. The molecule has 1 rings (SSSR count). The van der Waals surface area contributed by atoms with Gasteiger partial charge in [-0.15, -0.1) is 0 Å². The van der Waals surface area contributed by atoms with Gasteiger partial charge in [0.15, 0.2) is 11.5 Å². The predicted octanol–water partition coefficient (Wildman–Crippen LogP) is 2.80. The molecule has 1 atom stereocenters. The molecule has 0 aliphatic rings. The SMILES string of the molecule is CCCOc1cc(CCC(C)O)ccc1OC. The molecule has 3 heteroatoms. The fraction of sp³-hybridized carbons (Fsp3) is 0.571. The van der Waals surface area contributed by atoms with Crippen LogP contribution in [0.4, 0.5) is 0 Å². The molecule has 1 N–H and O–H groups in total. The Balaban J connectivity index is 2.73. The molecule has 1 aromatic carbocycles. The van der Waals surface area contributed by atoms with Gasteiger partial charge in [-0.25, -0.2) is 0 Å². The Morgan fingerprint density at radius 3 is 2.65 bits per heavy atom. The molecule has 0 saturated heterocycles. The van der Waals surface area contributed by atoms with Gasteiger partial charge in [-0.2, -0.15) is 0 Å². The van der Waals surface area contributed by atoms with Gasteiger partial charge >= 0.3 is 0 Å². The van der Waals surface area contributed by atoms with E-state index in [9.17, 15) is 5.11 Å². The summed E-state index contributed by atoms with van der Waals surface area (Å²) in [5.41, 5.74) is 1.16. The van der Waals surface area contributed by atoms with Crippen molar-refractivity contribution in [3.63, 3.8) is 0 Å². The number of ether oxygens (including phenoxy) is 2. The lowest BCUT2D eigenvalue weighted by molar-refractivity contribution is 0.185. The van der Waals surface area contributed by atoms with Crippen molar-refractivity contribution >= 4 is 0 Å². The highest BCUT2D eigenvalue weighted by Crippen LogP contribution is 2.28. The zero-order valence-corrected chi connectivity index (χ0v) is 10.9. The Morgan fingerprint density at radius 1 is 1.29 bits per heavy atom. The zero-order chi connectivity index (χ0) is 12.7. The van der Waals surface area contributed by atoms with E-state index in [1.54, 1.807) is 14.0 Å². The quantitative estimate of drug-likeness (QED) is 0.794. The lowest BCUT2D eigenvalue weighted by atomic mass is 10.1. The number of benzene rings is 1. The predicted molar refractivity (Wildman–Crippen MR) is 68.8 cm³/mol. The normalized spacial score (nSPS) is 12.2. The molecule has 3 nitrogen and oxygen atoms in total. The minimum atomic E-state index is -0.267. The minimum absolute atomic E-state index is 0.267. The largest absolute Gasteiger partial charge is 0.493 e. The van der Waals surface area contributed by atoms with E-state index in [-0.39, 0.29) is 6.10 Å². The summed E-state index contributed by atoms with van der Waals surface area (Å²) in [6.45, 7) is 4.57. The minimum Gasteiger partial charge on any atom is -0.493 e. The van der Waals surface area contributed by atoms with Crippen LogP contribution in [-0.4, -0.2) is 24.9 Å². The molecule has 0 aliphatic carbocycles. The van der Waals surface area contributed by atoms with E-state index in [1.807, 2.05) is 18.2 Å². The number of aliphatic hydroxyl groups is 1. The van der Waals surface area contributed by atoms with Crippen molar-refractivity contribution in [1.29, 1.82) is 0 Å². The molecule has 0 saturated carbocycles. The molecule has 0 aromatic heterocycles. The smallest absolute Gasteiger partial charge is 0.161 e. The van der Waals surface area contributed by atoms with E-state index in [4.69, 9.17) is 9.47 Å². The summed E-state index contributed by atoms with van der Waals surface area (Å²) in [7, 11) is 1.64. The summed E-state index contributed by atoms with van der Waals surface area (Å²) in [5.74, 6) is 1.55. The van der Waals surface area contributed by atoms with Crippen LogP contribution in [-0.2, 0) is 6.42 Å². The topological polar surface area (TPSA) is 38.7 Å². The lowest BCUT2D eigenvalue weighted by Crippen LogP contribution is -2.02. The van der Waals surface area contributed by atoms with Crippen LogP contribution in [0.25, 0.3) is 0 Å². The lowest BCUT2D eigenvalue weighted by Gasteiger charge is -2.12. The fourth-order valence-corrected chi connectivity index (χ4v) is 1.58. The first-order chi connectivity index (χ1) is 8.17. The van der Waals surface area contributed by atoms with Gasteiger partial charge in [-0.1, -0.05) is 13.0 Å². The van der Waals surface area contributed by atoms with Crippen molar-refractivity contribution in [2.75, 3.05) is 13.7 Å². The summed E-state index contributed by atoms with van der Waals surface area (Å²) in [5, 5.41) is 9.27. The monoisotopic (exact) mass is 238 g/mol. The molecule has 0 fully saturated rings. The number of hydrogen-bond donors (Lipinski definition) is 1. The fourth-order valence-electron chi connectivity index (χ4n) is 1.58. The summed E-state index contributed by atoms with van der Waals surface area (Å²) in [6.07, 6.45) is 2.32. The molecule has 0 radical (unpaired) electrons. The standard InChI is InChI=1S/C14H22O3/c1-4-9-17-14-10-12(6-5-11(2)15)7-8-13(14)16-3/h7-8,10-11,15H,4-6,9H2,1-3H3. The van der Waals surface area contributed by atoms with Crippen LogP contribution < -0.4 is 9.47 Å². The highest BCUT2D eigenvalue weighted by atomic mass is 16.5. The second kappa shape index (κ2) is 7.17. The van der Waals surface area contributed by atoms with E-state index in [0.29, 0.717) is 6.61 Å². The molecular formula is C14H22O3. The molecule has 17 heavy (non-hydrogen) atoms. The maximum absolute atomic E-state index is 9.27. The van der Waals surface area contributed by atoms with Crippen LogP contribution in [0.15, 0.2) is 18.2 Å². The highest BCUT2D eigenvalue weighted by molar-refractivity contribution is 5.43. The van der Waals surface area contributed by atoms with Crippen LogP contribution in [0.5, 0.6) is 11.5 Å². The summed E-state index contributed by atoms with van der Waals surface area (Å²) in [6, 6.07) is 5.93. The Bertz CT molecular complexity index is 334. The van der Waals surface area contributed by atoms with Gasteiger partial charge in [0.2, 0.25) is 0 Å². The van der Waals surface area contributed by atoms with Crippen LogP contribution in [0, 0.1) is 0 Å². The summed E-state index contributed by atoms with van der Waals surface area (Å²) < 4.78 is 10.9. The van der Waals surface area contributed by atoms with Crippen LogP contribution in [0.3, 0.4) is 0 Å². The molecule has 0 aliphatic heterocycles. The van der Waals surface area contributed by atoms with Crippen molar-refractivity contribution < 1.29 is 14.6 Å². The average molecular weight is 238 g/mol. The molecule has 96 valence electrons. The Morgan fingerprint density at radius 2 is 2.06 bits per heavy atom. The van der Waals surface area contributed by atoms with E-state index < -0.39 is 0 Å². The van der Waals surface area contributed by atoms with Crippen molar-refractivity contribution in [2.45, 2.75) is 39.2 Å². The van der Waals surface area contributed by atoms with Gasteiger partial charge in [-0.05, 0) is 43.9 Å². The maximum Gasteiger partial charge on any atom is 0.161 e. The van der Waals surface area contributed by atoms with Gasteiger partial charge in [-0.3, -0.25) is 0 Å². The first-order valence-corrected chi connectivity index (χ1v) is 6.15. The van der Waals surface area contributed by atoms with Crippen molar-refractivity contribution in [2.24, 2.45) is 0 Å². The second-order valence-electron chi connectivity index (χ2n) is 4.22. The molecule has 0 amide bonds. The Labute approximate surface area is 103 Å². The average Bonchev–Trinajstić information content (AvgIpc) is 2.33. The number of methoxy groups -OCH3 is 1. The van der Waals surface area contributed by atoms with E-state index >= 15 is 0 Å². The summed E-state index contributed by atoms with van der Waals surface area (Å²) in [4.78, 5) is 0. The van der Waals surface area contributed by atoms with E-state index in [0.717, 1.165) is 36.3 Å². The highest BCUT2D eigenvalue weighted by Gasteiger charge is 2.06. The van der Waals surface area contributed by atoms with Crippen LogP contribution in [0.2, 0.25) is 0 Å². The van der Waals surface area contributed by atoms with Gasteiger partial charge in [0, 0.05) is 0 Å². The van der Waals surface area contributed by atoms with E-state index in [1.165, 1.54) is 0 Å². The number of aryl methyl sites for hydroxylation is 1. The number of hydrogen-bond acceptors (Lipinski definition) is 3. The number of aliphatic hydroxyl groups excluding tert-OH is 1. The first-order valence-electron chi connectivity index (χ1n) is 6.15. The molecule has 0 bridgehead atoms. The van der Waals surface area contributed by atoms with Crippen molar-refractivity contribution in [3.05, 3.63) is 23.8 Å². The molecule has 1 unspecified atom stereocenters. The van der Waals surface area contributed by atoms with Crippen molar-refractivity contribution in [1.82, 2.24) is 0 Å². The molecule has 1 aromatic rings. The zero-order valence-electron chi connectivity index (χ0n) is 10.9. The third kappa shape index (κ3) is 4.65. The Hall–Kier alpha value is -1.22. The molecule has 0 spiro atoms. The van der Waals surface area contributed by atoms with Gasteiger partial charge in [0.1, 0.15) is 0 Å². The molecular weight excluding hydrogens is 216 g/mol. The first kappa shape index (κ1) is 13.8. The van der Waals surface area contributed by atoms with Gasteiger partial charge in [0.25, 0.3) is 0 Å². The number of rotatable bonds is 7. The molecule has 0 heterocycles. The third-order valence-corrected chi connectivity index (χ3v) is 2.54. The van der Waals surface area contributed by atoms with Gasteiger partial charge in [0.05, 0.1) is 19.8 Å². The summed E-state index contributed by atoms with van der Waals surface area (Å²) >= 11 is 0. The van der Waals surface area contributed by atoms with Gasteiger partial charge < -0.3 is 14.6 Å². The van der Waals surface area contributed by atoms with Crippen LogP contribution >= 0.6 is 0 Å².